The molecular weight excluding hydrogens is 326 g/mol. The van der Waals surface area contributed by atoms with Crippen molar-refractivity contribution in [2.75, 3.05) is 26.4 Å². The number of aliphatic hydroxyl groups is 1. The van der Waals surface area contributed by atoms with Crippen molar-refractivity contribution >= 4 is 21.8 Å². The van der Waals surface area contributed by atoms with Crippen LogP contribution >= 0.6 is 15.9 Å². The molecule has 1 fully saturated rings. The fraction of sp³-hybridized carbons (Fsp3) is 0.500. The van der Waals surface area contributed by atoms with E-state index in [-0.39, 0.29) is 25.5 Å². The molecule has 0 saturated carbocycles. The van der Waals surface area contributed by atoms with Gasteiger partial charge in [0.2, 0.25) is 5.91 Å². The molecule has 1 amide bonds. The lowest BCUT2D eigenvalue weighted by Gasteiger charge is -2.20. The van der Waals surface area contributed by atoms with Gasteiger partial charge in [-0.05, 0) is 24.3 Å². The quantitative estimate of drug-likeness (QED) is 0.821. The lowest BCUT2D eigenvalue weighted by molar-refractivity contribution is -0.122. The fourth-order valence-electron chi connectivity index (χ4n) is 1.88. The molecule has 0 aliphatic carbocycles. The second kappa shape index (κ2) is 7.06. The Bertz CT molecular complexity index is 443. The molecule has 0 spiro atoms. The number of nitrogens with one attached hydrogen (secondary N) is 1. The molecule has 110 valence electrons. The summed E-state index contributed by atoms with van der Waals surface area (Å²) in [6.45, 7) is 1.36. The first-order valence-corrected chi connectivity index (χ1v) is 7.32. The van der Waals surface area contributed by atoms with Gasteiger partial charge in [-0.3, -0.25) is 4.79 Å². The average Bonchev–Trinajstić information content (AvgIpc) is 2.86. The first-order valence-electron chi connectivity index (χ1n) is 6.53. The number of carbonyl (C=O) groups excluding carboxylic acids is 1. The maximum Gasteiger partial charge on any atom is 0.223 e. The third-order valence-corrected chi connectivity index (χ3v) is 3.64. The number of ether oxygens (including phenoxy) is 2. The summed E-state index contributed by atoms with van der Waals surface area (Å²) >= 11 is 3.34. The summed E-state index contributed by atoms with van der Waals surface area (Å²) in [7, 11) is 0. The minimum absolute atomic E-state index is 0.137. The van der Waals surface area contributed by atoms with Crippen molar-refractivity contribution in [2.45, 2.75) is 18.4 Å². The van der Waals surface area contributed by atoms with E-state index in [1.54, 1.807) is 0 Å². The molecule has 1 aromatic rings. The second-order valence-electron chi connectivity index (χ2n) is 4.86. The van der Waals surface area contributed by atoms with E-state index >= 15 is 0 Å². The van der Waals surface area contributed by atoms with Gasteiger partial charge in [0.05, 0.1) is 19.6 Å². The van der Waals surface area contributed by atoms with Crippen LogP contribution in [0.1, 0.15) is 12.8 Å². The van der Waals surface area contributed by atoms with Gasteiger partial charge in [0.15, 0.2) is 0 Å². The first kappa shape index (κ1) is 15.3. The fourth-order valence-corrected chi connectivity index (χ4v) is 2.14. The van der Waals surface area contributed by atoms with Crippen molar-refractivity contribution < 1.29 is 19.4 Å². The Hall–Kier alpha value is -1.11. The Morgan fingerprint density at radius 3 is 2.85 bits per heavy atom. The van der Waals surface area contributed by atoms with Crippen molar-refractivity contribution in [1.82, 2.24) is 5.32 Å². The van der Waals surface area contributed by atoms with Gasteiger partial charge in [0.25, 0.3) is 0 Å². The number of carbonyl (C=O) groups is 1. The molecule has 1 saturated heterocycles. The molecule has 1 aliphatic rings. The maximum absolute atomic E-state index is 11.6. The number of hydrogen-bond acceptors (Lipinski definition) is 4. The predicted molar refractivity (Wildman–Crippen MR) is 77.6 cm³/mol. The third kappa shape index (κ3) is 4.77. The zero-order valence-electron chi connectivity index (χ0n) is 11.1. The molecule has 0 aromatic heterocycles. The summed E-state index contributed by atoms with van der Waals surface area (Å²) in [5.41, 5.74) is -0.914. The molecule has 0 radical (unpaired) electrons. The van der Waals surface area contributed by atoms with Crippen LogP contribution in [0, 0.1) is 0 Å². The summed E-state index contributed by atoms with van der Waals surface area (Å²) in [6.07, 6.45) is 0.815. The Kier molecular flexibility index (Phi) is 5.39. The second-order valence-corrected chi connectivity index (χ2v) is 5.77. The van der Waals surface area contributed by atoms with Crippen LogP contribution < -0.4 is 10.1 Å². The van der Waals surface area contributed by atoms with Gasteiger partial charge < -0.3 is 19.9 Å². The van der Waals surface area contributed by atoms with Crippen LogP contribution in [0.3, 0.4) is 0 Å². The minimum Gasteiger partial charge on any atom is -0.493 e. The molecular formula is C14H18BrNO4. The van der Waals surface area contributed by atoms with Gasteiger partial charge >= 0.3 is 0 Å². The van der Waals surface area contributed by atoms with E-state index in [1.165, 1.54) is 0 Å². The SMILES string of the molecule is O=C(CCOc1ccc(Br)cc1)NCC1(O)CCOC1. The Morgan fingerprint density at radius 2 is 2.20 bits per heavy atom. The number of benzene rings is 1. The molecule has 5 nitrogen and oxygen atoms in total. The van der Waals surface area contributed by atoms with Crippen molar-refractivity contribution in [2.24, 2.45) is 0 Å². The Balaban J connectivity index is 1.64. The zero-order chi connectivity index (χ0) is 14.4. The molecule has 0 bridgehead atoms. The molecule has 2 rings (SSSR count). The number of rotatable bonds is 6. The van der Waals surface area contributed by atoms with Gasteiger partial charge in [-0.25, -0.2) is 0 Å². The molecule has 20 heavy (non-hydrogen) atoms. The standard InChI is InChI=1S/C14H18BrNO4/c15-11-1-3-12(4-2-11)20-7-5-13(17)16-9-14(18)6-8-19-10-14/h1-4,18H,5-10H2,(H,16,17). The highest BCUT2D eigenvalue weighted by Gasteiger charge is 2.32. The van der Waals surface area contributed by atoms with Gasteiger partial charge in [-0.15, -0.1) is 0 Å². The van der Waals surface area contributed by atoms with Gasteiger partial charge in [-0.2, -0.15) is 0 Å². The molecule has 1 aliphatic heterocycles. The van der Waals surface area contributed by atoms with E-state index in [1.807, 2.05) is 24.3 Å². The van der Waals surface area contributed by atoms with Gasteiger partial charge in [0.1, 0.15) is 11.4 Å². The van der Waals surface area contributed by atoms with E-state index in [0.717, 1.165) is 10.2 Å². The Labute approximate surface area is 126 Å². The van der Waals surface area contributed by atoms with Gasteiger partial charge in [-0.1, -0.05) is 15.9 Å². The van der Waals surface area contributed by atoms with E-state index in [2.05, 4.69) is 21.2 Å². The normalized spacial score (nSPS) is 21.7. The van der Waals surface area contributed by atoms with Crippen LogP contribution in [0.2, 0.25) is 0 Å². The molecule has 2 N–H and O–H groups in total. The summed E-state index contributed by atoms with van der Waals surface area (Å²) in [6, 6.07) is 7.43. The summed E-state index contributed by atoms with van der Waals surface area (Å²) in [5, 5.41) is 12.7. The van der Waals surface area contributed by atoms with Crippen molar-refractivity contribution in [3.63, 3.8) is 0 Å². The van der Waals surface area contributed by atoms with Crippen LogP contribution in [0.4, 0.5) is 0 Å². The largest absolute Gasteiger partial charge is 0.493 e. The number of hydrogen-bond donors (Lipinski definition) is 2. The van der Waals surface area contributed by atoms with Crippen molar-refractivity contribution in [3.05, 3.63) is 28.7 Å². The topological polar surface area (TPSA) is 67.8 Å². The maximum atomic E-state index is 11.6. The van der Waals surface area contributed by atoms with Crippen molar-refractivity contribution in [1.29, 1.82) is 0 Å². The van der Waals surface area contributed by atoms with Gasteiger partial charge in [0, 0.05) is 24.0 Å². The third-order valence-electron chi connectivity index (χ3n) is 3.11. The van der Waals surface area contributed by atoms with E-state index < -0.39 is 5.60 Å². The van der Waals surface area contributed by atoms with E-state index in [9.17, 15) is 9.90 Å². The van der Waals surface area contributed by atoms with E-state index in [4.69, 9.17) is 9.47 Å². The molecule has 6 heteroatoms. The summed E-state index contributed by atoms with van der Waals surface area (Å²) < 4.78 is 11.6. The summed E-state index contributed by atoms with van der Waals surface area (Å²) in [5.74, 6) is 0.589. The zero-order valence-corrected chi connectivity index (χ0v) is 12.7. The predicted octanol–water partition coefficient (Wildman–Crippen LogP) is 1.49. The summed E-state index contributed by atoms with van der Waals surface area (Å²) in [4.78, 5) is 11.6. The monoisotopic (exact) mass is 343 g/mol. The average molecular weight is 344 g/mol. The van der Waals surface area contributed by atoms with Crippen LogP contribution in [0.5, 0.6) is 5.75 Å². The molecule has 1 aromatic carbocycles. The molecule has 1 atom stereocenters. The number of halogens is 1. The van der Waals surface area contributed by atoms with Crippen LogP contribution in [-0.2, 0) is 9.53 Å². The molecule has 1 unspecified atom stereocenters. The smallest absolute Gasteiger partial charge is 0.223 e. The highest BCUT2D eigenvalue weighted by atomic mass is 79.9. The highest BCUT2D eigenvalue weighted by molar-refractivity contribution is 9.10. The van der Waals surface area contributed by atoms with Crippen LogP contribution in [0.25, 0.3) is 0 Å². The van der Waals surface area contributed by atoms with Crippen LogP contribution in [0.15, 0.2) is 28.7 Å². The van der Waals surface area contributed by atoms with Crippen LogP contribution in [-0.4, -0.2) is 43.0 Å². The highest BCUT2D eigenvalue weighted by Crippen LogP contribution is 2.17. The lowest BCUT2D eigenvalue weighted by atomic mass is 10.0. The lowest BCUT2D eigenvalue weighted by Crippen LogP contribution is -2.43. The Morgan fingerprint density at radius 1 is 1.45 bits per heavy atom. The first-order chi connectivity index (χ1) is 9.57. The van der Waals surface area contributed by atoms with E-state index in [0.29, 0.717) is 19.6 Å². The minimum atomic E-state index is -0.914. The molecule has 1 heterocycles. The van der Waals surface area contributed by atoms with Crippen molar-refractivity contribution in [3.8, 4) is 5.75 Å². The number of amides is 1.